The van der Waals surface area contributed by atoms with E-state index in [9.17, 15) is 5.11 Å². The summed E-state index contributed by atoms with van der Waals surface area (Å²) in [5.41, 5.74) is 2.50. The summed E-state index contributed by atoms with van der Waals surface area (Å²) in [6, 6.07) is 1.80. The fraction of sp³-hybridized carbons (Fsp3) is 0.364. The van der Waals surface area contributed by atoms with Crippen molar-refractivity contribution in [3.63, 3.8) is 0 Å². The Morgan fingerprint density at radius 1 is 1.56 bits per heavy atom. The smallest absolute Gasteiger partial charge is 0.151 e. The van der Waals surface area contributed by atoms with Gasteiger partial charge in [0.25, 0.3) is 0 Å². The van der Waals surface area contributed by atoms with Gasteiger partial charge in [0.1, 0.15) is 0 Å². The van der Waals surface area contributed by atoms with Gasteiger partial charge in [0, 0.05) is 6.20 Å². The molecule has 86 valence electrons. The van der Waals surface area contributed by atoms with Crippen molar-refractivity contribution < 1.29 is 5.11 Å². The number of pyridine rings is 1. The zero-order valence-electron chi connectivity index (χ0n) is 9.04. The van der Waals surface area contributed by atoms with Crippen LogP contribution in [0.5, 0.6) is 0 Å². The van der Waals surface area contributed by atoms with Crippen LogP contribution in [-0.2, 0) is 6.61 Å². The fourth-order valence-corrected chi connectivity index (χ4v) is 2.62. The Kier molecular flexibility index (Phi) is 3.24. The number of rotatable bonds is 2. The number of nitrogens with zero attached hydrogens (tertiary/aromatic N) is 2. The average molecular weight is 304 g/mol. The fourth-order valence-electron chi connectivity index (χ4n) is 1.76. The molecular weight excluding hydrogens is 291 g/mol. The van der Waals surface area contributed by atoms with Crippen LogP contribution >= 0.6 is 27.5 Å². The maximum atomic E-state index is 9.42. The minimum atomic E-state index is -0.0402. The zero-order chi connectivity index (χ0) is 11.9. The molecule has 0 radical (unpaired) electrons. The highest BCUT2D eigenvalue weighted by Crippen LogP contribution is 2.27. The normalized spacial score (nSPS) is 11.6. The molecule has 0 unspecified atom stereocenters. The van der Waals surface area contributed by atoms with Crippen LogP contribution in [0.25, 0.3) is 5.65 Å². The van der Waals surface area contributed by atoms with E-state index < -0.39 is 0 Å². The molecule has 0 atom stereocenters. The van der Waals surface area contributed by atoms with Crippen LogP contribution in [0.1, 0.15) is 31.2 Å². The number of imidazole rings is 1. The van der Waals surface area contributed by atoms with Gasteiger partial charge in [0.05, 0.1) is 27.5 Å². The Labute approximate surface area is 107 Å². The van der Waals surface area contributed by atoms with Gasteiger partial charge in [-0.1, -0.05) is 25.4 Å². The third-order valence-corrected chi connectivity index (χ3v) is 3.26. The molecule has 0 aliphatic heterocycles. The van der Waals surface area contributed by atoms with E-state index in [1.165, 1.54) is 0 Å². The molecule has 2 aromatic rings. The van der Waals surface area contributed by atoms with E-state index in [4.69, 9.17) is 11.6 Å². The molecule has 0 saturated carbocycles. The summed E-state index contributed by atoms with van der Waals surface area (Å²) in [7, 11) is 0. The van der Waals surface area contributed by atoms with E-state index in [0.717, 1.165) is 21.5 Å². The number of aromatic nitrogens is 2. The van der Waals surface area contributed by atoms with Crippen LogP contribution in [0.3, 0.4) is 0 Å². The summed E-state index contributed by atoms with van der Waals surface area (Å²) in [6.45, 7) is 4.06. The largest absolute Gasteiger partial charge is 0.390 e. The molecule has 0 saturated heterocycles. The van der Waals surface area contributed by atoms with Crippen molar-refractivity contribution in [2.45, 2.75) is 26.4 Å². The first kappa shape index (κ1) is 11.9. The van der Waals surface area contributed by atoms with Gasteiger partial charge in [0.2, 0.25) is 0 Å². The molecule has 2 aromatic heterocycles. The number of halogens is 2. The van der Waals surface area contributed by atoms with Gasteiger partial charge < -0.3 is 5.11 Å². The summed E-state index contributed by atoms with van der Waals surface area (Å²) in [6.07, 6.45) is 1.77. The van der Waals surface area contributed by atoms with E-state index in [1.54, 1.807) is 12.3 Å². The van der Waals surface area contributed by atoms with Crippen molar-refractivity contribution in [3.05, 3.63) is 33.1 Å². The summed E-state index contributed by atoms with van der Waals surface area (Å²) in [4.78, 5) is 4.52. The van der Waals surface area contributed by atoms with Crippen LogP contribution in [0.15, 0.2) is 16.7 Å². The molecule has 0 aromatic carbocycles. The van der Waals surface area contributed by atoms with E-state index in [0.29, 0.717) is 5.02 Å². The first-order valence-electron chi connectivity index (χ1n) is 5.01. The minimum Gasteiger partial charge on any atom is -0.390 e. The SMILES string of the molecule is CC(C)c1nc2c(Br)cc(Cl)cn2c1CO. The number of fused-ring (bicyclic) bond motifs is 1. The molecule has 0 amide bonds. The lowest BCUT2D eigenvalue weighted by Gasteiger charge is -2.04. The van der Waals surface area contributed by atoms with Crippen LogP contribution in [-0.4, -0.2) is 14.5 Å². The average Bonchev–Trinajstić information content (AvgIpc) is 2.56. The van der Waals surface area contributed by atoms with E-state index >= 15 is 0 Å². The summed E-state index contributed by atoms with van der Waals surface area (Å²) in [5.74, 6) is 0.271. The third-order valence-electron chi connectivity index (χ3n) is 2.47. The second-order valence-corrected chi connectivity index (χ2v) is 5.25. The first-order chi connectivity index (χ1) is 7.54. The van der Waals surface area contributed by atoms with E-state index in [-0.39, 0.29) is 12.5 Å². The van der Waals surface area contributed by atoms with Gasteiger partial charge in [-0.3, -0.25) is 4.40 Å². The molecule has 0 bridgehead atoms. The molecule has 2 rings (SSSR count). The third kappa shape index (κ3) is 1.85. The molecule has 0 aliphatic rings. The maximum Gasteiger partial charge on any atom is 0.151 e. The van der Waals surface area contributed by atoms with Gasteiger partial charge in [-0.25, -0.2) is 4.98 Å². The molecular formula is C11H12BrClN2O. The number of hydrogen-bond donors (Lipinski definition) is 1. The van der Waals surface area contributed by atoms with Crippen molar-refractivity contribution in [3.8, 4) is 0 Å². The predicted molar refractivity (Wildman–Crippen MR) is 67.9 cm³/mol. The molecule has 0 fully saturated rings. The van der Waals surface area contributed by atoms with Gasteiger partial charge in [-0.15, -0.1) is 0 Å². The highest BCUT2D eigenvalue weighted by molar-refractivity contribution is 9.10. The molecule has 0 aliphatic carbocycles. The molecule has 16 heavy (non-hydrogen) atoms. The maximum absolute atomic E-state index is 9.42. The molecule has 2 heterocycles. The summed E-state index contributed by atoms with van der Waals surface area (Å²) >= 11 is 9.41. The van der Waals surface area contributed by atoms with Crippen molar-refractivity contribution in [2.24, 2.45) is 0 Å². The second kappa shape index (κ2) is 4.35. The van der Waals surface area contributed by atoms with Crippen molar-refractivity contribution in [2.75, 3.05) is 0 Å². The van der Waals surface area contributed by atoms with E-state index in [2.05, 4.69) is 34.8 Å². The van der Waals surface area contributed by atoms with Crippen molar-refractivity contribution in [1.29, 1.82) is 0 Å². The quantitative estimate of drug-likeness (QED) is 0.923. The standard InChI is InChI=1S/C11H12BrClN2O/c1-6(2)10-9(5-16)15-4-7(13)3-8(12)11(15)14-10/h3-4,6,16H,5H2,1-2H3. The highest BCUT2D eigenvalue weighted by atomic mass is 79.9. The summed E-state index contributed by atoms with van der Waals surface area (Å²) in [5, 5.41) is 10.0. The Morgan fingerprint density at radius 3 is 2.81 bits per heavy atom. The molecule has 1 N–H and O–H groups in total. The van der Waals surface area contributed by atoms with Crippen LogP contribution < -0.4 is 0 Å². The molecule has 3 nitrogen and oxygen atoms in total. The Morgan fingerprint density at radius 2 is 2.25 bits per heavy atom. The van der Waals surface area contributed by atoms with Gasteiger partial charge in [-0.2, -0.15) is 0 Å². The number of aliphatic hydroxyl groups is 1. The zero-order valence-corrected chi connectivity index (χ0v) is 11.4. The lowest BCUT2D eigenvalue weighted by Crippen LogP contribution is -1.98. The minimum absolute atomic E-state index is 0.0402. The topological polar surface area (TPSA) is 37.5 Å². The van der Waals surface area contributed by atoms with E-state index in [1.807, 2.05) is 4.40 Å². The van der Waals surface area contributed by atoms with Gasteiger partial charge in [-0.05, 0) is 27.9 Å². The van der Waals surface area contributed by atoms with Gasteiger partial charge >= 0.3 is 0 Å². The first-order valence-corrected chi connectivity index (χ1v) is 6.18. The Hall–Kier alpha value is -0.580. The van der Waals surface area contributed by atoms with Crippen molar-refractivity contribution >= 4 is 33.2 Å². The van der Waals surface area contributed by atoms with Crippen LogP contribution in [0.4, 0.5) is 0 Å². The number of aliphatic hydroxyl groups excluding tert-OH is 1. The lowest BCUT2D eigenvalue weighted by atomic mass is 10.1. The predicted octanol–water partition coefficient (Wildman–Crippen LogP) is 3.37. The molecule has 5 heteroatoms. The number of hydrogen-bond acceptors (Lipinski definition) is 2. The highest BCUT2D eigenvalue weighted by Gasteiger charge is 2.16. The molecule has 0 spiro atoms. The van der Waals surface area contributed by atoms with Crippen LogP contribution in [0.2, 0.25) is 5.02 Å². The Bertz CT molecular complexity index is 536. The van der Waals surface area contributed by atoms with Gasteiger partial charge in [0.15, 0.2) is 5.65 Å². The monoisotopic (exact) mass is 302 g/mol. The van der Waals surface area contributed by atoms with Crippen LogP contribution in [0, 0.1) is 0 Å². The Balaban J connectivity index is 2.82. The lowest BCUT2D eigenvalue weighted by molar-refractivity contribution is 0.274. The second-order valence-electron chi connectivity index (χ2n) is 3.96. The summed E-state index contributed by atoms with van der Waals surface area (Å²) < 4.78 is 2.67. The van der Waals surface area contributed by atoms with Crippen molar-refractivity contribution in [1.82, 2.24) is 9.38 Å².